The molecule has 0 radical (unpaired) electrons. The quantitative estimate of drug-likeness (QED) is 0.807. The molecule has 0 aromatic heterocycles. The normalized spacial score (nSPS) is 11.4. The molecule has 0 heterocycles. The number of rotatable bonds is 3. The average Bonchev–Trinajstić information content (AvgIpc) is 2.40. The summed E-state index contributed by atoms with van der Waals surface area (Å²) in [4.78, 5) is 0.134. The number of nitrogens with one attached hydrogen (secondary N) is 1. The Bertz CT molecular complexity index is 746. The lowest BCUT2D eigenvalue weighted by Gasteiger charge is -2.12. The molecule has 0 saturated heterocycles. The second-order valence-electron chi connectivity index (χ2n) is 4.11. The fourth-order valence-corrected chi connectivity index (χ4v) is 3.49. The summed E-state index contributed by atoms with van der Waals surface area (Å²) in [5.74, 6) is 0. The Balaban J connectivity index is 2.43. The van der Waals surface area contributed by atoms with Crippen molar-refractivity contribution < 1.29 is 8.42 Å². The fourth-order valence-electron chi connectivity index (χ4n) is 1.56. The first-order chi connectivity index (χ1) is 9.31. The van der Waals surface area contributed by atoms with Crippen LogP contribution in [0.3, 0.4) is 0 Å². The van der Waals surface area contributed by atoms with E-state index < -0.39 is 10.0 Å². The van der Waals surface area contributed by atoms with E-state index in [1.165, 1.54) is 12.1 Å². The molecule has 20 heavy (non-hydrogen) atoms. The second kappa shape index (κ2) is 5.93. The number of benzene rings is 2. The average molecular weight is 395 g/mol. The third kappa shape index (κ3) is 3.28. The van der Waals surface area contributed by atoms with Gasteiger partial charge < -0.3 is 0 Å². The molecule has 2 aromatic carbocycles. The van der Waals surface area contributed by atoms with E-state index in [0.717, 1.165) is 10.0 Å². The van der Waals surface area contributed by atoms with Crippen molar-refractivity contribution in [2.24, 2.45) is 0 Å². The van der Waals surface area contributed by atoms with E-state index in [4.69, 9.17) is 23.2 Å². The molecule has 0 unspecified atom stereocenters. The van der Waals surface area contributed by atoms with E-state index in [0.29, 0.717) is 0 Å². The van der Waals surface area contributed by atoms with Crippen LogP contribution in [0.5, 0.6) is 0 Å². The number of hydrogen-bond donors (Lipinski definition) is 1. The maximum absolute atomic E-state index is 12.3. The van der Waals surface area contributed by atoms with Gasteiger partial charge in [0.1, 0.15) is 0 Å². The van der Waals surface area contributed by atoms with E-state index >= 15 is 0 Å². The number of anilines is 1. The molecule has 0 spiro atoms. The minimum absolute atomic E-state index is 0.134. The van der Waals surface area contributed by atoms with Crippen molar-refractivity contribution >= 4 is 54.8 Å². The molecule has 0 aliphatic rings. The van der Waals surface area contributed by atoms with Crippen molar-refractivity contribution in [3.05, 3.63) is 56.5 Å². The maximum Gasteiger partial charge on any atom is 0.261 e. The molecule has 106 valence electrons. The molecule has 0 fully saturated rings. The van der Waals surface area contributed by atoms with E-state index in [-0.39, 0.29) is 20.6 Å². The van der Waals surface area contributed by atoms with Crippen molar-refractivity contribution in [3.8, 4) is 0 Å². The zero-order valence-corrected chi connectivity index (χ0v) is 14.2. The van der Waals surface area contributed by atoms with Crippen LogP contribution in [0.1, 0.15) is 5.56 Å². The summed E-state index contributed by atoms with van der Waals surface area (Å²) in [6.45, 7) is 1.77. The summed E-state index contributed by atoms with van der Waals surface area (Å²) in [6, 6.07) is 9.60. The molecule has 0 amide bonds. The molecule has 3 nitrogen and oxygen atoms in total. The third-order valence-electron chi connectivity index (χ3n) is 2.64. The Morgan fingerprint density at radius 3 is 2.25 bits per heavy atom. The van der Waals surface area contributed by atoms with Crippen LogP contribution in [-0.2, 0) is 10.0 Å². The van der Waals surface area contributed by atoms with Crippen LogP contribution < -0.4 is 4.72 Å². The standard InChI is InChI=1S/C13H10BrCl2NO2S/c1-8-2-7-11(15)13(12(8)16)17-20(18,19)10-5-3-9(14)4-6-10/h2-7,17H,1H3. The van der Waals surface area contributed by atoms with Crippen molar-refractivity contribution in [2.75, 3.05) is 4.72 Å². The van der Waals surface area contributed by atoms with Crippen molar-refractivity contribution in [2.45, 2.75) is 11.8 Å². The van der Waals surface area contributed by atoms with Gasteiger partial charge in [0, 0.05) is 4.47 Å². The van der Waals surface area contributed by atoms with Crippen molar-refractivity contribution in [1.29, 1.82) is 0 Å². The second-order valence-corrected chi connectivity index (χ2v) is 7.50. The fraction of sp³-hybridized carbons (Fsp3) is 0.0769. The van der Waals surface area contributed by atoms with Crippen LogP contribution in [0.2, 0.25) is 10.0 Å². The SMILES string of the molecule is Cc1ccc(Cl)c(NS(=O)(=O)c2ccc(Br)cc2)c1Cl. The zero-order chi connectivity index (χ0) is 14.9. The van der Waals surface area contributed by atoms with Gasteiger partial charge in [-0.2, -0.15) is 0 Å². The van der Waals surface area contributed by atoms with Crippen LogP contribution in [0.25, 0.3) is 0 Å². The van der Waals surface area contributed by atoms with Crippen LogP contribution in [0, 0.1) is 6.92 Å². The van der Waals surface area contributed by atoms with Gasteiger partial charge in [-0.05, 0) is 42.8 Å². The third-order valence-corrected chi connectivity index (χ3v) is 5.34. The summed E-state index contributed by atoms with van der Waals surface area (Å²) in [7, 11) is -3.73. The molecule has 7 heteroatoms. The van der Waals surface area contributed by atoms with Gasteiger partial charge in [-0.1, -0.05) is 45.2 Å². The van der Waals surface area contributed by atoms with E-state index in [1.807, 2.05) is 0 Å². The first-order valence-electron chi connectivity index (χ1n) is 5.54. The summed E-state index contributed by atoms with van der Waals surface area (Å²) in [5.41, 5.74) is 0.931. The molecule has 2 rings (SSSR count). The maximum atomic E-state index is 12.3. The van der Waals surface area contributed by atoms with E-state index in [1.54, 1.807) is 31.2 Å². The largest absolute Gasteiger partial charge is 0.277 e. The highest BCUT2D eigenvalue weighted by molar-refractivity contribution is 9.10. The topological polar surface area (TPSA) is 46.2 Å². The molecule has 0 aliphatic heterocycles. The Hall–Kier alpha value is -0.750. The van der Waals surface area contributed by atoms with Gasteiger partial charge in [0.2, 0.25) is 0 Å². The van der Waals surface area contributed by atoms with Crippen molar-refractivity contribution in [3.63, 3.8) is 0 Å². The first-order valence-corrected chi connectivity index (χ1v) is 8.57. The number of halogens is 3. The Morgan fingerprint density at radius 1 is 1.05 bits per heavy atom. The Labute approximate surface area is 136 Å². The summed E-state index contributed by atoms with van der Waals surface area (Å²) in [5, 5.41) is 0.541. The predicted octanol–water partition coefficient (Wildman–Crippen LogP) is 4.87. The minimum Gasteiger partial charge on any atom is -0.277 e. The van der Waals surface area contributed by atoms with Crippen LogP contribution in [0.4, 0.5) is 5.69 Å². The predicted molar refractivity (Wildman–Crippen MR) is 86.1 cm³/mol. The molecule has 0 bridgehead atoms. The highest BCUT2D eigenvalue weighted by Gasteiger charge is 2.18. The van der Waals surface area contributed by atoms with Gasteiger partial charge >= 0.3 is 0 Å². The summed E-state index contributed by atoms with van der Waals surface area (Å²) in [6.07, 6.45) is 0. The van der Waals surface area contributed by atoms with Crippen molar-refractivity contribution in [1.82, 2.24) is 0 Å². The lowest BCUT2D eigenvalue weighted by Crippen LogP contribution is -2.13. The molecule has 0 aliphatic carbocycles. The number of aryl methyl sites for hydroxylation is 1. The zero-order valence-electron chi connectivity index (χ0n) is 10.3. The minimum atomic E-state index is -3.73. The smallest absolute Gasteiger partial charge is 0.261 e. The Kier molecular flexibility index (Phi) is 4.64. The molecule has 2 aromatic rings. The summed E-state index contributed by atoms with van der Waals surface area (Å²) < 4.78 is 27.8. The highest BCUT2D eigenvalue weighted by atomic mass is 79.9. The molecule has 1 N–H and O–H groups in total. The monoisotopic (exact) mass is 393 g/mol. The number of sulfonamides is 1. The molecular formula is C13H10BrCl2NO2S. The summed E-state index contributed by atoms with van der Waals surface area (Å²) >= 11 is 15.4. The van der Waals surface area contributed by atoms with Gasteiger partial charge in [-0.15, -0.1) is 0 Å². The first kappa shape index (κ1) is 15.6. The molecule has 0 atom stereocenters. The highest BCUT2D eigenvalue weighted by Crippen LogP contribution is 2.34. The van der Waals surface area contributed by atoms with Gasteiger partial charge in [0.25, 0.3) is 10.0 Å². The van der Waals surface area contributed by atoms with Gasteiger partial charge in [-0.3, -0.25) is 4.72 Å². The van der Waals surface area contributed by atoms with Gasteiger partial charge in [0.15, 0.2) is 0 Å². The van der Waals surface area contributed by atoms with Gasteiger partial charge in [-0.25, -0.2) is 8.42 Å². The lowest BCUT2D eigenvalue weighted by atomic mass is 10.2. The van der Waals surface area contributed by atoms with Crippen LogP contribution in [0.15, 0.2) is 45.8 Å². The molecule has 0 saturated carbocycles. The van der Waals surface area contributed by atoms with E-state index in [9.17, 15) is 8.42 Å². The van der Waals surface area contributed by atoms with Gasteiger partial charge in [0.05, 0.1) is 20.6 Å². The number of hydrogen-bond acceptors (Lipinski definition) is 2. The van der Waals surface area contributed by atoms with Crippen LogP contribution >= 0.6 is 39.1 Å². The lowest BCUT2D eigenvalue weighted by molar-refractivity contribution is 0.601. The van der Waals surface area contributed by atoms with Crippen LogP contribution in [-0.4, -0.2) is 8.42 Å². The van der Waals surface area contributed by atoms with E-state index in [2.05, 4.69) is 20.7 Å². The Morgan fingerprint density at radius 2 is 1.65 bits per heavy atom. The molecular weight excluding hydrogens is 385 g/mol.